The number of anilines is 1. The van der Waals surface area contributed by atoms with Crippen molar-refractivity contribution in [2.45, 2.75) is 26.1 Å². The number of hydrogen-bond donors (Lipinski definition) is 1. The minimum atomic E-state index is -0.320. The fraction of sp³-hybridized carbons (Fsp3) is 0.174. The zero-order valence-corrected chi connectivity index (χ0v) is 18.6. The van der Waals surface area contributed by atoms with Gasteiger partial charge < -0.3 is 14.6 Å². The van der Waals surface area contributed by atoms with Gasteiger partial charge in [0.15, 0.2) is 0 Å². The van der Waals surface area contributed by atoms with Crippen LogP contribution in [-0.2, 0) is 19.7 Å². The average Bonchev–Trinajstić information content (AvgIpc) is 3.47. The van der Waals surface area contributed by atoms with Crippen LogP contribution in [0.15, 0.2) is 73.4 Å². The van der Waals surface area contributed by atoms with E-state index in [9.17, 15) is 4.79 Å². The molecule has 0 radical (unpaired) electrons. The first kappa shape index (κ1) is 21.9. The van der Waals surface area contributed by atoms with E-state index in [-0.39, 0.29) is 18.2 Å². The van der Waals surface area contributed by atoms with E-state index in [0.717, 1.165) is 25.1 Å². The van der Waals surface area contributed by atoms with Crippen molar-refractivity contribution in [3.8, 4) is 5.75 Å². The van der Waals surface area contributed by atoms with Gasteiger partial charge in [-0.25, -0.2) is 0 Å². The number of carbonyl (C=O) groups is 1. The number of ether oxygens (including phenoxy) is 1. The Kier molecular flexibility index (Phi) is 7.09. The number of carbonyl (C=O) groups excluding carboxylic acids is 1. The molecule has 1 N–H and O–H groups in total. The Balaban J connectivity index is 1.31. The van der Waals surface area contributed by atoms with Crippen molar-refractivity contribution < 1.29 is 9.53 Å². The smallest absolute Gasteiger partial charge is 0.274 e. The van der Waals surface area contributed by atoms with E-state index in [1.54, 1.807) is 42.7 Å². The number of benzene rings is 1. The molecule has 0 saturated carbocycles. The second-order valence-electron chi connectivity index (χ2n) is 7.13. The van der Waals surface area contributed by atoms with Crippen molar-refractivity contribution >= 4 is 34.8 Å². The summed E-state index contributed by atoms with van der Waals surface area (Å²) in [6, 6.07) is 12.5. The molecule has 0 aliphatic rings. The highest BCUT2D eigenvalue weighted by molar-refractivity contribution is 6.34. The maximum Gasteiger partial charge on any atom is 0.274 e. The maximum atomic E-state index is 12.6. The van der Waals surface area contributed by atoms with Gasteiger partial charge in [-0.15, -0.1) is 0 Å². The first-order chi connectivity index (χ1) is 15.6. The van der Waals surface area contributed by atoms with E-state index >= 15 is 0 Å². The lowest BCUT2D eigenvalue weighted by Crippen LogP contribution is -2.14. The molecule has 9 heteroatoms. The quantitative estimate of drug-likeness (QED) is 0.360. The highest BCUT2D eigenvalue weighted by Gasteiger charge is 2.11. The zero-order chi connectivity index (χ0) is 22.3. The van der Waals surface area contributed by atoms with Crippen LogP contribution in [0.4, 0.5) is 5.69 Å². The van der Waals surface area contributed by atoms with Gasteiger partial charge in [-0.2, -0.15) is 5.10 Å². The van der Waals surface area contributed by atoms with Crippen LogP contribution in [0.2, 0.25) is 10.0 Å². The molecule has 0 atom stereocenters. The van der Waals surface area contributed by atoms with Crippen molar-refractivity contribution in [3.63, 3.8) is 0 Å². The highest BCUT2D eigenvalue weighted by atomic mass is 35.5. The molecule has 0 fully saturated rings. The SMILES string of the molecule is O=C(Nc1cnn(CCCn2cccc2)c1)c1cc(COc2cc(Cl)ccc2Cl)ccn1. The number of halogens is 2. The molecule has 164 valence electrons. The van der Waals surface area contributed by atoms with E-state index < -0.39 is 0 Å². The Morgan fingerprint density at radius 3 is 2.78 bits per heavy atom. The summed E-state index contributed by atoms with van der Waals surface area (Å²) in [4.78, 5) is 16.8. The Morgan fingerprint density at radius 2 is 1.94 bits per heavy atom. The molecule has 0 spiro atoms. The second kappa shape index (κ2) is 10.3. The molecule has 4 rings (SSSR count). The van der Waals surface area contributed by atoms with E-state index in [4.69, 9.17) is 27.9 Å². The highest BCUT2D eigenvalue weighted by Crippen LogP contribution is 2.28. The Labute approximate surface area is 195 Å². The third-order valence-corrected chi connectivity index (χ3v) is 5.25. The summed E-state index contributed by atoms with van der Waals surface area (Å²) >= 11 is 12.1. The number of nitrogens with one attached hydrogen (secondary N) is 1. The molecule has 0 aliphatic heterocycles. The molecule has 1 aromatic carbocycles. The largest absolute Gasteiger partial charge is 0.487 e. The topological polar surface area (TPSA) is 74.0 Å². The molecule has 7 nitrogen and oxygen atoms in total. The molecule has 0 aliphatic carbocycles. The normalized spacial score (nSPS) is 10.8. The first-order valence-electron chi connectivity index (χ1n) is 10.0. The number of aromatic nitrogens is 4. The molecule has 0 bridgehead atoms. The van der Waals surface area contributed by atoms with Crippen molar-refractivity contribution in [1.29, 1.82) is 0 Å². The van der Waals surface area contributed by atoms with E-state index in [1.165, 1.54) is 0 Å². The van der Waals surface area contributed by atoms with Crippen LogP contribution in [0, 0.1) is 0 Å². The first-order valence-corrected chi connectivity index (χ1v) is 10.8. The van der Waals surface area contributed by atoms with Crippen LogP contribution in [0.5, 0.6) is 5.75 Å². The van der Waals surface area contributed by atoms with Gasteiger partial charge in [0, 0.05) is 49.0 Å². The van der Waals surface area contributed by atoms with Gasteiger partial charge in [0.2, 0.25) is 0 Å². The van der Waals surface area contributed by atoms with Crippen LogP contribution < -0.4 is 10.1 Å². The number of rotatable bonds is 9. The molecular formula is C23H21Cl2N5O2. The van der Waals surface area contributed by atoms with Crippen LogP contribution >= 0.6 is 23.2 Å². The lowest BCUT2D eigenvalue weighted by atomic mass is 10.2. The fourth-order valence-corrected chi connectivity index (χ4v) is 3.45. The summed E-state index contributed by atoms with van der Waals surface area (Å²) in [6.07, 6.45) is 10.0. The summed E-state index contributed by atoms with van der Waals surface area (Å²) in [5.41, 5.74) is 1.68. The minimum Gasteiger partial charge on any atom is -0.487 e. The van der Waals surface area contributed by atoms with Crippen LogP contribution in [0.25, 0.3) is 0 Å². The van der Waals surface area contributed by atoms with Gasteiger partial charge in [-0.3, -0.25) is 14.5 Å². The van der Waals surface area contributed by atoms with Gasteiger partial charge in [0.1, 0.15) is 18.1 Å². The van der Waals surface area contributed by atoms with E-state index in [2.05, 4.69) is 20.0 Å². The lowest BCUT2D eigenvalue weighted by Gasteiger charge is -2.09. The van der Waals surface area contributed by atoms with Gasteiger partial charge in [-0.1, -0.05) is 23.2 Å². The van der Waals surface area contributed by atoms with Crippen LogP contribution in [0.1, 0.15) is 22.5 Å². The van der Waals surface area contributed by atoms with Gasteiger partial charge in [-0.05, 0) is 48.4 Å². The van der Waals surface area contributed by atoms with Crippen molar-refractivity contribution in [2.24, 2.45) is 0 Å². The number of hydrogen-bond acceptors (Lipinski definition) is 4. The van der Waals surface area contributed by atoms with E-state index in [1.807, 2.05) is 35.4 Å². The summed E-state index contributed by atoms with van der Waals surface area (Å²) in [6.45, 7) is 1.89. The summed E-state index contributed by atoms with van der Waals surface area (Å²) < 4.78 is 9.66. The summed E-state index contributed by atoms with van der Waals surface area (Å²) in [5, 5.41) is 8.13. The molecule has 4 aromatic rings. The van der Waals surface area contributed by atoms with Crippen molar-refractivity contribution in [1.82, 2.24) is 19.3 Å². The molecule has 3 heterocycles. The molecule has 0 saturated heterocycles. The Morgan fingerprint density at radius 1 is 1.09 bits per heavy atom. The second-order valence-corrected chi connectivity index (χ2v) is 7.98. The Bertz CT molecular complexity index is 1190. The predicted octanol–water partition coefficient (Wildman–Crippen LogP) is 5.31. The van der Waals surface area contributed by atoms with Crippen LogP contribution in [-0.4, -0.2) is 25.2 Å². The number of aryl methyl sites for hydroxylation is 2. The molecule has 3 aromatic heterocycles. The maximum absolute atomic E-state index is 12.6. The molecule has 1 amide bonds. The predicted molar refractivity (Wildman–Crippen MR) is 124 cm³/mol. The number of pyridine rings is 1. The van der Waals surface area contributed by atoms with Crippen molar-refractivity contribution in [2.75, 3.05) is 5.32 Å². The third-order valence-electron chi connectivity index (χ3n) is 4.71. The minimum absolute atomic E-state index is 0.224. The van der Waals surface area contributed by atoms with Gasteiger partial charge in [0.25, 0.3) is 5.91 Å². The summed E-state index contributed by atoms with van der Waals surface area (Å²) in [5.74, 6) is 0.158. The zero-order valence-electron chi connectivity index (χ0n) is 17.1. The molecule has 0 unspecified atom stereocenters. The van der Waals surface area contributed by atoms with Crippen molar-refractivity contribution in [3.05, 3.63) is 94.8 Å². The summed E-state index contributed by atoms with van der Waals surface area (Å²) in [7, 11) is 0. The lowest BCUT2D eigenvalue weighted by molar-refractivity contribution is 0.102. The number of amides is 1. The molecular weight excluding hydrogens is 449 g/mol. The van der Waals surface area contributed by atoms with Gasteiger partial charge in [0.05, 0.1) is 16.9 Å². The standard InChI is InChI=1S/C23H21Cl2N5O2/c24-18-4-5-20(25)22(13-18)32-16-17-6-7-26-21(12-17)23(31)28-19-14-27-30(15-19)11-3-10-29-8-1-2-9-29/h1-2,4-9,12-15H,3,10-11,16H2,(H,28,31). The van der Waals surface area contributed by atoms with E-state index in [0.29, 0.717) is 21.5 Å². The monoisotopic (exact) mass is 469 g/mol. The van der Waals surface area contributed by atoms with Crippen LogP contribution in [0.3, 0.4) is 0 Å². The fourth-order valence-electron chi connectivity index (χ4n) is 3.12. The average molecular weight is 470 g/mol. The Hall–Kier alpha value is -3.29. The number of nitrogens with zero attached hydrogens (tertiary/aromatic N) is 4. The third kappa shape index (κ3) is 5.90. The van der Waals surface area contributed by atoms with Gasteiger partial charge >= 0.3 is 0 Å². The molecule has 32 heavy (non-hydrogen) atoms.